The van der Waals surface area contributed by atoms with Crippen molar-refractivity contribution in [3.8, 4) is 5.75 Å². The predicted octanol–water partition coefficient (Wildman–Crippen LogP) is 2.11. The number of pyridine rings is 1. The molecule has 0 aliphatic rings. The minimum atomic E-state index is -0.125. The summed E-state index contributed by atoms with van der Waals surface area (Å²) in [4.78, 5) is 4.06. The summed E-state index contributed by atoms with van der Waals surface area (Å²) in [7, 11) is 1.64. The monoisotopic (exact) mass is 274 g/mol. The van der Waals surface area contributed by atoms with Crippen LogP contribution in [0.4, 0.5) is 0 Å². The van der Waals surface area contributed by atoms with E-state index in [4.69, 9.17) is 10.5 Å². The van der Waals surface area contributed by atoms with Gasteiger partial charge in [0, 0.05) is 36.5 Å². The van der Waals surface area contributed by atoms with Gasteiger partial charge in [-0.1, -0.05) is 6.92 Å². The van der Waals surface area contributed by atoms with Gasteiger partial charge in [-0.25, -0.2) is 0 Å². The largest absolute Gasteiger partial charge is 0.495 e. The van der Waals surface area contributed by atoms with E-state index in [9.17, 15) is 0 Å². The van der Waals surface area contributed by atoms with Crippen molar-refractivity contribution in [1.29, 1.82) is 0 Å². The Morgan fingerprint density at radius 3 is 2.85 bits per heavy atom. The highest BCUT2D eigenvalue weighted by molar-refractivity contribution is 5.33. The zero-order valence-electron chi connectivity index (χ0n) is 12.3. The smallest absolute Gasteiger partial charge is 0.141 e. The van der Waals surface area contributed by atoms with E-state index in [-0.39, 0.29) is 6.04 Å². The highest BCUT2D eigenvalue weighted by Crippen LogP contribution is 2.25. The van der Waals surface area contributed by atoms with Crippen molar-refractivity contribution >= 4 is 0 Å². The Bertz CT molecular complexity index is 565. The molecule has 0 saturated heterocycles. The zero-order valence-corrected chi connectivity index (χ0v) is 12.3. The molecule has 2 heterocycles. The summed E-state index contributed by atoms with van der Waals surface area (Å²) in [6.07, 6.45) is 5.12. The maximum atomic E-state index is 6.33. The lowest BCUT2D eigenvalue weighted by molar-refractivity contribution is 0.403. The van der Waals surface area contributed by atoms with E-state index in [1.807, 2.05) is 10.7 Å². The fraction of sp³-hybridized carbons (Fsp3) is 0.467. The zero-order chi connectivity index (χ0) is 14.5. The Morgan fingerprint density at radius 1 is 1.40 bits per heavy atom. The predicted molar refractivity (Wildman–Crippen MR) is 78.7 cm³/mol. The van der Waals surface area contributed by atoms with Gasteiger partial charge in [-0.15, -0.1) is 0 Å². The van der Waals surface area contributed by atoms with E-state index >= 15 is 0 Å². The quantitative estimate of drug-likeness (QED) is 0.876. The lowest BCUT2D eigenvalue weighted by atomic mass is 10.0. The molecule has 108 valence electrons. The van der Waals surface area contributed by atoms with Crippen LogP contribution in [0.2, 0.25) is 0 Å². The topological polar surface area (TPSA) is 66.0 Å². The molecule has 0 fully saturated rings. The van der Waals surface area contributed by atoms with Crippen LogP contribution in [-0.4, -0.2) is 21.9 Å². The molecule has 0 amide bonds. The summed E-state index contributed by atoms with van der Waals surface area (Å²) in [5, 5.41) is 4.55. The summed E-state index contributed by atoms with van der Waals surface area (Å²) >= 11 is 0. The number of nitrogens with zero attached hydrogens (tertiary/aromatic N) is 3. The van der Waals surface area contributed by atoms with Crippen LogP contribution in [0, 0.1) is 0 Å². The molecule has 0 bridgehead atoms. The van der Waals surface area contributed by atoms with Crippen molar-refractivity contribution in [2.45, 2.75) is 39.3 Å². The molecule has 2 rings (SSSR count). The first-order valence-electron chi connectivity index (χ1n) is 6.98. The van der Waals surface area contributed by atoms with Gasteiger partial charge in [-0.3, -0.25) is 9.67 Å². The molecule has 5 heteroatoms. The second-order valence-corrected chi connectivity index (χ2v) is 4.72. The summed E-state index contributed by atoms with van der Waals surface area (Å²) < 4.78 is 7.34. The number of aryl methyl sites for hydroxylation is 2. The van der Waals surface area contributed by atoms with E-state index < -0.39 is 0 Å². The molecule has 0 saturated carbocycles. The van der Waals surface area contributed by atoms with Crippen LogP contribution in [0.15, 0.2) is 24.5 Å². The highest BCUT2D eigenvalue weighted by atomic mass is 16.5. The number of rotatable bonds is 6. The van der Waals surface area contributed by atoms with Crippen LogP contribution in [0.25, 0.3) is 0 Å². The Kier molecular flexibility index (Phi) is 4.74. The third kappa shape index (κ3) is 2.99. The SMILES string of the molecule is CCc1cc(CC(N)c2ccncc2OC)n(CC)n1. The molecule has 0 spiro atoms. The molecule has 0 radical (unpaired) electrons. The molecule has 0 aliphatic heterocycles. The molecule has 2 aromatic rings. The van der Waals surface area contributed by atoms with Gasteiger partial charge in [0.1, 0.15) is 5.75 Å². The van der Waals surface area contributed by atoms with Crippen LogP contribution in [0.5, 0.6) is 5.75 Å². The summed E-state index contributed by atoms with van der Waals surface area (Å²) in [6.45, 7) is 5.06. The first-order chi connectivity index (χ1) is 9.69. The number of hydrogen-bond acceptors (Lipinski definition) is 4. The number of nitrogens with two attached hydrogens (primary N) is 1. The summed E-state index contributed by atoms with van der Waals surface area (Å²) in [6, 6.07) is 3.92. The Labute approximate surface area is 119 Å². The molecule has 2 N–H and O–H groups in total. The standard InChI is InChI=1S/C15H22N4O/c1-4-11-8-12(19(5-2)18-11)9-14(16)13-6-7-17-10-15(13)20-3/h6-8,10,14H,4-5,9,16H2,1-3H3. The highest BCUT2D eigenvalue weighted by Gasteiger charge is 2.15. The molecule has 1 atom stereocenters. The van der Waals surface area contributed by atoms with E-state index in [0.717, 1.165) is 42.1 Å². The van der Waals surface area contributed by atoms with Crippen molar-refractivity contribution in [3.63, 3.8) is 0 Å². The first-order valence-corrected chi connectivity index (χ1v) is 6.98. The maximum Gasteiger partial charge on any atom is 0.141 e. The Hall–Kier alpha value is -1.88. The normalized spacial score (nSPS) is 12.4. The second kappa shape index (κ2) is 6.52. The number of ether oxygens (including phenoxy) is 1. The van der Waals surface area contributed by atoms with Gasteiger partial charge in [-0.05, 0) is 25.5 Å². The van der Waals surface area contributed by atoms with E-state index in [0.29, 0.717) is 0 Å². The average Bonchev–Trinajstić information content (AvgIpc) is 2.89. The molecule has 2 aromatic heterocycles. The molecule has 0 aliphatic carbocycles. The van der Waals surface area contributed by atoms with Crippen molar-refractivity contribution in [2.24, 2.45) is 5.73 Å². The molecular weight excluding hydrogens is 252 g/mol. The van der Waals surface area contributed by atoms with Crippen LogP contribution in [-0.2, 0) is 19.4 Å². The van der Waals surface area contributed by atoms with Gasteiger partial charge in [-0.2, -0.15) is 5.10 Å². The van der Waals surface area contributed by atoms with Crippen molar-refractivity contribution in [3.05, 3.63) is 41.5 Å². The van der Waals surface area contributed by atoms with Crippen LogP contribution in [0.3, 0.4) is 0 Å². The van der Waals surface area contributed by atoms with Crippen LogP contribution < -0.4 is 10.5 Å². The van der Waals surface area contributed by atoms with E-state index in [2.05, 4.69) is 30.0 Å². The fourth-order valence-electron chi connectivity index (χ4n) is 2.33. The van der Waals surface area contributed by atoms with Gasteiger partial charge in [0.25, 0.3) is 0 Å². The van der Waals surface area contributed by atoms with Gasteiger partial charge in [0.15, 0.2) is 0 Å². The third-order valence-electron chi connectivity index (χ3n) is 3.44. The van der Waals surface area contributed by atoms with Crippen LogP contribution in [0.1, 0.15) is 36.8 Å². The molecule has 1 unspecified atom stereocenters. The van der Waals surface area contributed by atoms with Gasteiger partial charge in [0.2, 0.25) is 0 Å². The van der Waals surface area contributed by atoms with Crippen molar-refractivity contribution in [1.82, 2.24) is 14.8 Å². The minimum absolute atomic E-state index is 0.125. The first kappa shape index (κ1) is 14.5. The molecule has 20 heavy (non-hydrogen) atoms. The van der Waals surface area contributed by atoms with Crippen molar-refractivity contribution < 1.29 is 4.74 Å². The van der Waals surface area contributed by atoms with Crippen molar-refractivity contribution in [2.75, 3.05) is 7.11 Å². The molecule has 5 nitrogen and oxygen atoms in total. The second-order valence-electron chi connectivity index (χ2n) is 4.72. The van der Waals surface area contributed by atoms with E-state index in [1.165, 1.54) is 0 Å². The third-order valence-corrected chi connectivity index (χ3v) is 3.44. The maximum absolute atomic E-state index is 6.33. The van der Waals surface area contributed by atoms with Gasteiger partial charge in [0.05, 0.1) is 19.0 Å². The number of aromatic nitrogens is 3. The minimum Gasteiger partial charge on any atom is -0.495 e. The Morgan fingerprint density at radius 2 is 2.20 bits per heavy atom. The lowest BCUT2D eigenvalue weighted by Crippen LogP contribution is -2.17. The molecule has 0 aromatic carbocycles. The Balaban J connectivity index is 2.22. The fourth-order valence-corrected chi connectivity index (χ4v) is 2.33. The summed E-state index contributed by atoms with van der Waals surface area (Å²) in [5.41, 5.74) is 9.57. The van der Waals surface area contributed by atoms with E-state index in [1.54, 1.807) is 19.5 Å². The molecular formula is C15H22N4O. The summed E-state index contributed by atoms with van der Waals surface area (Å²) in [5.74, 6) is 0.735. The van der Waals surface area contributed by atoms with Crippen LogP contribution >= 0.6 is 0 Å². The van der Waals surface area contributed by atoms with Gasteiger partial charge < -0.3 is 10.5 Å². The average molecular weight is 274 g/mol. The number of hydrogen-bond donors (Lipinski definition) is 1. The van der Waals surface area contributed by atoms with Gasteiger partial charge >= 0.3 is 0 Å². The lowest BCUT2D eigenvalue weighted by Gasteiger charge is -2.15. The number of methoxy groups -OCH3 is 1.